The van der Waals surface area contributed by atoms with E-state index in [0.717, 1.165) is 36.9 Å². The van der Waals surface area contributed by atoms with Gasteiger partial charge in [-0.25, -0.2) is 13.1 Å². The number of hydrogen-bond acceptors (Lipinski definition) is 5. The molecule has 0 bridgehead atoms. The second-order valence-electron chi connectivity index (χ2n) is 8.72. The lowest BCUT2D eigenvalue weighted by molar-refractivity contribution is -0.115. The molecule has 31 heavy (non-hydrogen) atoms. The monoisotopic (exact) mass is 464 g/mol. The highest BCUT2D eigenvalue weighted by Crippen LogP contribution is 2.37. The molecule has 1 saturated carbocycles. The van der Waals surface area contributed by atoms with Gasteiger partial charge >= 0.3 is 0 Å². The van der Waals surface area contributed by atoms with Gasteiger partial charge in [-0.3, -0.25) is 10.1 Å². The summed E-state index contributed by atoms with van der Waals surface area (Å²) in [7, 11) is -3.04. The van der Waals surface area contributed by atoms with E-state index in [2.05, 4.69) is 15.7 Å². The molecule has 1 aliphatic heterocycles. The first-order valence-corrected chi connectivity index (χ1v) is 13.0. The largest absolute Gasteiger partial charge is 0.310 e. The first kappa shape index (κ1) is 22.3. The highest BCUT2D eigenvalue weighted by atomic mass is 35.5. The Morgan fingerprint density at radius 1 is 1.23 bits per heavy atom. The van der Waals surface area contributed by atoms with E-state index >= 15 is 0 Å². The van der Waals surface area contributed by atoms with Crippen LogP contribution in [-0.4, -0.2) is 42.2 Å². The van der Waals surface area contributed by atoms with Gasteiger partial charge in [0.25, 0.3) is 0 Å². The Morgan fingerprint density at radius 3 is 2.58 bits per heavy atom. The van der Waals surface area contributed by atoms with E-state index in [1.807, 2.05) is 31.2 Å². The zero-order valence-corrected chi connectivity index (χ0v) is 19.3. The number of aromatic nitrogens is 2. The van der Waals surface area contributed by atoms with Crippen molar-refractivity contribution >= 4 is 33.2 Å². The maximum Gasteiger partial charge on any atom is 0.239 e. The van der Waals surface area contributed by atoms with Crippen molar-refractivity contribution in [2.24, 2.45) is 0 Å². The molecule has 1 aliphatic carbocycles. The summed E-state index contributed by atoms with van der Waals surface area (Å²) in [5.74, 6) is 0.612. The van der Waals surface area contributed by atoms with Crippen LogP contribution in [0.2, 0.25) is 5.02 Å². The molecule has 1 aromatic carbocycles. The smallest absolute Gasteiger partial charge is 0.239 e. The summed E-state index contributed by atoms with van der Waals surface area (Å²) in [6.45, 7) is 2.00. The van der Waals surface area contributed by atoms with Crippen molar-refractivity contribution in [2.75, 3.05) is 23.4 Å². The van der Waals surface area contributed by atoms with E-state index in [1.165, 1.54) is 6.42 Å². The number of carbonyl (C=O) groups is 1. The third kappa shape index (κ3) is 5.13. The van der Waals surface area contributed by atoms with E-state index in [4.69, 9.17) is 11.6 Å². The molecule has 7 nitrogen and oxygen atoms in total. The van der Waals surface area contributed by atoms with E-state index in [1.54, 1.807) is 10.7 Å². The van der Waals surface area contributed by atoms with E-state index in [9.17, 15) is 13.2 Å². The second kappa shape index (κ2) is 8.92. The van der Waals surface area contributed by atoms with E-state index < -0.39 is 9.84 Å². The number of rotatable bonds is 6. The highest BCUT2D eigenvalue weighted by Gasteiger charge is 2.34. The average molecular weight is 465 g/mol. The van der Waals surface area contributed by atoms with Crippen LogP contribution < -0.4 is 10.6 Å². The van der Waals surface area contributed by atoms with Gasteiger partial charge in [0.15, 0.2) is 9.84 Å². The fourth-order valence-corrected chi connectivity index (χ4v) is 6.60. The molecule has 2 aliphatic rings. The Kier molecular flexibility index (Phi) is 6.42. The second-order valence-corrected chi connectivity index (χ2v) is 11.4. The molecule has 168 valence electrons. The quantitative estimate of drug-likeness (QED) is 0.681. The molecule has 0 radical (unpaired) electrons. The van der Waals surface area contributed by atoms with Gasteiger partial charge in [0.1, 0.15) is 5.82 Å². The number of carbonyl (C=O) groups excluding carboxylic acids is 1. The molecule has 9 heteroatoms. The predicted octanol–water partition coefficient (Wildman–Crippen LogP) is 3.59. The highest BCUT2D eigenvalue weighted by molar-refractivity contribution is 7.91. The number of nitrogens with one attached hydrogen (secondary N) is 2. The molecular weight excluding hydrogens is 436 g/mol. The fraction of sp³-hybridized carbons (Fsp3) is 0.545. The van der Waals surface area contributed by atoms with Crippen LogP contribution >= 0.6 is 11.6 Å². The van der Waals surface area contributed by atoms with Crippen molar-refractivity contribution in [3.8, 4) is 0 Å². The minimum absolute atomic E-state index is 0.0644. The first-order chi connectivity index (χ1) is 14.8. The van der Waals surface area contributed by atoms with Crippen molar-refractivity contribution in [3.05, 3.63) is 46.6 Å². The minimum Gasteiger partial charge on any atom is -0.310 e. The molecule has 1 atom stereocenters. The molecule has 2 aromatic rings. The number of benzene rings is 1. The third-order valence-corrected chi connectivity index (χ3v) is 8.37. The van der Waals surface area contributed by atoms with Gasteiger partial charge in [-0.1, -0.05) is 43.0 Å². The zero-order valence-electron chi connectivity index (χ0n) is 17.7. The molecule has 1 saturated heterocycles. The Balaban J connectivity index is 1.46. The lowest BCUT2D eigenvalue weighted by Crippen LogP contribution is -2.47. The van der Waals surface area contributed by atoms with E-state index in [0.29, 0.717) is 17.3 Å². The van der Waals surface area contributed by atoms with Gasteiger partial charge in [0.05, 0.1) is 29.8 Å². The van der Waals surface area contributed by atoms with Crippen LogP contribution in [0.5, 0.6) is 0 Å². The van der Waals surface area contributed by atoms with Gasteiger partial charge in [0, 0.05) is 16.6 Å². The van der Waals surface area contributed by atoms with Crippen LogP contribution in [-0.2, 0) is 20.2 Å². The van der Waals surface area contributed by atoms with Crippen LogP contribution in [0.4, 0.5) is 5.82 Å². The Bertz CT molecular complexity index is 1040. The molecule has 1 unspecified atom stereocenters. The number of aryl methyl sites for hydroxylation is 1. The van der Waals surface area contributed by atoms with Crippen molar-refractivity contribution in [1.82, 2.24) is 15.1 Å². The number of amides is 1. The number of nitrogens with zero attached hydrogens (tertiary/aromatic N) is 2. The number of hydrogen-bond donors (Lipinski definition) is 2. The summed E-state index contributed by atoms with van der Waals surface area (Å²) >= 11 is 6.07. The molecule has 2 heterocycles. The minimum atomic E-state index is -3.04. The lowest BCUT2D eigenvalue weighted by atomic mass is 9.76. The maximum absolute atomic E-state index is 12.8. The predicted molar refractivity (Wildman–Crippen MR) is 122 cm³/mol. The van der Waals surface area contributed by atoms with Gasteiger partial charge in [-0.2, -0.15) is 5.10 Å². The lowest BCUT2D eigenvalue weighted by Gasteiger charge is -2.39. The summed E-state index contributed by atoms with van der Waals surface area (Å²) in [4.78, 5) is 12.8. The zero-order chi connectivity index (χ0) is 22.1. The molecule has 0 spiro atoms. The normalized spacial score (nSPS) is 22.3. The van der Waals surface area contributed by atoms with Gasteiger partial charge in [-0.05, 0) is 43.9 Å². The van der Waals surface area contributed by atoms with Crippen molar-refractivity contribution in [2.45, 2.75) is 57.0 Å². The fourth-order valence-electron chi connectivity index (χ4n) is 4.78. The van der Waals surface area contributed by atoms with Crippen LogP contribution in [0.15, 0.2) is 30.3 Å². The topological polar surface area (TPSA) is 93.1 Å². The summed E-state index contributed by atoms with van der Waals surface area (Å²) in [5.41, 5.74) is 1.66. The SMILES string of the molecule is Cc1cc(NC(=O)CNC2(c3ccc(Cl)cc3)CCCCC2)n(C2CCS(=O)(=O)C2)n1. The van der Waals surface area contributed by atoms with Gasteiger partial charge < -0.3 is 5.32 Å². The molecule has 4 rings (SSSR count). The van der Waals surface area contributed by atoms with Gasteiger partial charge in [-0.15, -0.1) is 0 Å². The van der Waals surface area contributed by atoms with Crippen LogP contribution in [0, 0.1) is 6.92 Å². The third-order valence-electron chi connectivity index (χ3n) is 6.37. The van der Waals surface area contributed by atoms with Crippen LogP contribution in [0.25, 0.3) is 0 Å². The number of halogens is 1. The van der Waals surface area contributed by atoms with Crippen molar-refractivity contribution < 1.29 is 13.2 Å². The van der Waals surface area contributed by atoms with E-state index in [-0.39, 0.29) is 35.5 Å². The summed E-state index contributed by atoms with van der Waals surface area (Å²) in [6.07, 6.45) is 5.88. The maximum atomic E-state index is 12.8. The Labute approximate surface area is 188 Å². The standard InChI is InChI=1S/C22H29ClN4O3S/c1-16-13-20(27(26-16)19-9-12-31(29,30)15-19)25-21(28)14-24-22(10-3-2-4-11-22)17-5-7-18(23)8-6-17/h5-8,13,19,24H,2-4,9-12,14-15H2,1H3,(H,25,28). The molecule has 2 N–H and O–H groups in total. The van der Waals surface area contributed by atoms with Gasteiger partial charge in [0.2, 0.25) is 5.91 Å². The Morgan fingerprint density at radius 2 is 1.94 bits per heavy atom. The first-order valence-electron chi connectivity index (χ1n) is 10.8. The molecule has 2 fully saturated rings. The number of anilines is 1. The Hall–Kier alpha value is -1.90. The summed E-state index contributed by atoms with van der Waals surface area (Å²) in [6, 6.07) is 9.42. The van der Waals surface area contributed by atoms with Crippen molar-refractivity contribution in [3.63, 3.8) is 0 Å². The summed E-state index contributed by atoms with van der Waals surface area (Å²) in [5, 5.41) is 11.6. The van der Waals surface area contributed by atoms with Crippen molar-refractivity contribution in [1.29, 1.82) is 0 Å². The van der Waals surface area contributed by atoms with Crippen LogP contribution in [0.3, 0.4) is 0 Å². The number of sulfone groups is 1. The molecular formula is C22H29ClN4O3S. The summed E-state index contributed by atoms with van der Waals surface area (Å²) < 4.78 is 25.4. The molecule has 1 aromatic heterocycles. The average Bonchev–Trinajstić information content (AvgIpc) is 3.28. The molecule has 1 amide bonds. The van der Waals surface area contributed by atoms with Crippen LogP contribution in [0.1, 0.15) is 55.8 Å².